The lowest BCUT2D eigenvalue weighted by molar-refractivity contribution is 0.597. The fraction of sp³-hybridized carbons (Fsp3) is 0. The predicted octanol–water partition coefficient (Wildman–Crippen LogP) is 1.17. The zero-order chi connectivity index (χ0) is 13.3. The van der Waals surface area contributed by atoms with Crippen molar-refractivity contribution < 1.29 is 16.8 Å². The van der Waals surface area contributed by atoms with E-state index in [2.05, 4.69) is 3.77 Å². The Kier molecular flexibility index (Phi) is 3.05. The maximum absolute atomic E-state index is 11.8. The lowest BCUT2D eigenvalue weighted by atomic mass is 10.1. The van der Waals surface area contributed by atoms with Gasteiger partial charge >= 0.3 is 10.5 Å². The zero-order valence-electron chi connectivity index (χ0n) is 8.94. The number of rotatable bonds is 2. The van der Waals surface area contributed by atoms with Gasteiger partial charge in [0.15, 0.2) is 0 Å². The van der Waals surface area contributed by atoms with E-state index in [4.69, 9.17) is 5.73 Å². The second-order valence-electron chi connectivity index (χ2n) is 3.47. The molecule has 0 aliphatic rings. The lowest BCUT2D eigenvalue weighted by Crippen LogP contribution is -1.99. The van der Waals surface area contributed by atoms with Crippen LogP contribution in [0.3, 0.4) is 0 Å². The topological polar surface area (TPSA) is 107 Å². The fourth-order valence-corrected chi connectivity index (χ4v) is 3.30. The van der Waals surface area contributed by atoms with Crippen molar-refractivity contribution in [1.29, 1.82) is 0 Å². The van der Waals surface area contributed by atoms with E-state index in [0.717, 1.165) is 0 Å². The molecule has 0 spiro atoms. The summed E-state index contributed by atoms with van der Waals surface area (Å²) in [7, 11) is -7.27. The van der Waals surface area contributed by atoms with Crippen LogP contribution in [0.15, 0.2) is 45.1 Å². The molecule has 0 atom stereocenters. The Morgan fingerprint density at radius 1 is 1.00 bits per heavy atom. The monoisotopic (exact) mass is 284 g/mol. The summed E-state index contributed by atoms with van der Waals surface area (Å²) in [5.74, 6) is 0. The van der Waals surface area contributed by atoms with Crippen LogP contribution < -0.4 is 5.73 Å². The van der Waals surface area contributed by atoms with Crippen molar-refractivity contribution in [2.75, 3.05) is 5.73 Å². The minimum atomic E-state index is -4.25. The Morgan fingerprint density at radius 3 is 2.22 bits per heavy atom. The smallest absolute Gasteiger partial charge is 0.327 e. The maximum atomic E-state index is 11.8. The van der Waals surface area contributed by atoms with E-state index in [1.165, 1.54) is 12.1 Å². The van der Waals surface area contributed by atoms with Crippen LogP contribution in [0.1, 0.15) is 0 Å². The van der Waals surface area contributed by atoms with Crippen LogP contribution in [0.4, 0.5) is 5.69 Å². The summed E-state index contributed by atoms with van der Waals surface area (Å²) in [5, 5.41) is 0.872. The number of nitrogen functional groups attached to an aromatic ring is 1. The molecule has 0 amide bonds. The van der Waals surface area contributed by atoms with Gasteiger partial charge < -0.3 is 5.73 Å². The first kappa shape index (κ1) is 12.5. The third-order valence-corrected chi connectivity index (χ3v) is 4.54. The van der Waals surface area contributed by atoms with Crippen molar-refractivity contribution in [2.45, 2.75) is 4.90 Å². The van der Waals surface area contributed by atoms with Crippen molar-refractivity contribution in [2.24, 2.45) is 3.77 Å². The minimum Gasteiger partial charge on any atom is -0.398 e. The van der Waals surface area contributed by atoms with E-state index in [-0.39, 0.29) is 4.90 Å². The molecule has 0 aromatic heterocycles. The molecule has 18 heavy (non-hydrogen) atoms. The van der Waals surface area contributed by atoms with Gasteiger partial charge in [0.2, 0.25) is 0 Å². The van der Waals surface area contributed by atoms with E-state index in [1.54, 1.807) is 24.3 Å². The number of anilines is 1. The van der Waals surface area contributed by atoms with Gasteiger partial charge in [-0.2, -0.15) is 16.8 Å². The summed E-state index contributed by atoms with van der Waals surface area (Å²) in [6.07, 6.45) is 0. The van der Waals surface area contributed by atoms with E-state index < -0.39 is 20.5 Å². The molecule has 94 valence electrons. The van der Waals surface area contributed by atoms with Crippen molar-refractivity contribution in [3.05, 3.63) is 36.4 Å². The summed E-state index contributed by atoms with van der Waals surface area (Å²) in [6, 6.07) is 9.18. The third-order valence-electron chi connectivity index (χ3n) is 2.35. The first-order valence-electron chi connectivity index (χ1n) is 4.76. The molecule has 0 saturated heterocycles. The second kappa shape index (κ2) is 4.39. The Balaban J connectivity index is 2.90. The van der Waals surface area contributed by atoms with Crippen LogP contribution in [-0.2, 0) is 20.5 Å². The predicted molar refractivity (Wildman–Crippen MR) is 66.9 cm³/mol. The Hall–Kier alpha value is -1.93. The molecular weight excluding hydrogens is 276 g/mol. The Bertz CT molecular complexity index is 847. The molecule has 0 aliphatic carbocycles. The standard InChI is InChI=1S/C10H8N2O4S2/c11-9-5-6-10(18(15,16)12-17(13)14)8-4-2-1-3-7(8)9/h1-6H,11H2. The Labute approximate surface area is 105 Å². The highest BCUT2D eigenvalue weighted by Crippen LogP contribution is 2.28. The quantitative estimate of drug-likeness (QED) is 0.833. The fourth-order valence-electron chi connectivity index (χ4n) is 1.64. The SMILES string of the molecule is Nc1ccc(S(=O)(=O)N=S(=O)=O)c2ccccc12. The number of fused-ring (bicyclic) bond motifs is 1. The molecule has 0 aliphatic heterocycles. The molecule has 0 radical (unpaired) electrons. The van der Waals surface area contributed by atoms with Crippen LogP contribution in [0.5, 0.6) is 0 Å². The second-order valence-corrected chi connectivity index (χ2v) is 5.89. The number of sulfonamides is 1. The van der Waals surface area contributed by atoms with Crippen molar-refractivity contribution in [3.63, 3.8) is 0 Å². The molecule has 8 heteroatoms. The number of hydrogen-bond acceptors (Lipinski definition) is 5. The van der Waals surface area contributed by atoms with Gasteiger partial charge in [-0.25, -0.2) is 0 Å². The average molecular weight is 284 g/mol. The number of nitrogens with two attached hydrogens (primary N) is 1. The van der Waals surface area contributed by atoms with E-state index in [0.29, 0.717) is 16.5 Å². The van der Waals surface area contributed by atoms with Gasteiger partial charge in [0.05, 0.1) is 4.90 Å². The summed E-state index contributed by atoms with van der Waals surface area (Å²) in [4.78, 5) is -0.184. The van der Waals surface area contributed by atoms with E-state index in [1.807, 2.05) is 0 Å². The van der Waals surface area contributed by atoms with Crippen molar-refractivity contribution in [3.8, 4) is 0 Å². The highest BCUT2D eigenvalue weighted by molar-refractivity contribution is 7.94. The van der Waals surface area contributed by atoms with Crippen LogP contribution in [-0.4, -0.2) is 16.8 Å². The first-order valence-corrected chi connectivity index (χ1v) is 7.23. The largest absolute Gasteiger partial charge is 0.398 e. The molecule has 6 nitrogen and oxygen atoms in total. The van der Waals surface area contributed by atoms with Gasteiger partial charge in [-0.1, -0.05) is 24.3 Å². The van der Waals surface area contributed by atoms with Crippen LogP contribution in [0, 0.1) is 0 Å². The molecule has 0 unspecified atom stereocenters. The van der Waals surface area contributed by atoms with Crippen molar-refractivity contribution >= 4 is 37.0 Å². The van der Waals surface area contributed by atoms with Gasteiger partial charge in [-0.05, 0) is 15.9 Å². The molecule has 0 fully saturated rings. The summed E-state index contributed by atoms with van der Waals surface area (Å²) in [5.41, 5.74) is 6.13. The van der Waals surface area contributed by atoms with Gasteiger partial charge in [-0.15, -0.1) is 0 Å². The third kappa shape index (κ3) is 2.20. The molecule has 0 bridgehead atoms. The van der Waals surface area contributed by atoms with Crippen LogP contribution in [0.25, 0.3) is 10.8 Å². The van der Waals surface area contributed by atoms with Crippen molar-refractivity contribution in [1.82, 2.24) is 0 Å². The number of benzene rings is 2. The zero-order valence-corrected chi connectivity index (χ0v) is 10.6. The highest BCUT2D eigenvalue weighted by atomic mass is 32.2. The Morgan fingerprint density at radius 2 is 1.61 bits per heavy atom. The molecular formula is C10H8N2O4S2. The van der Waals surface area contributed by atoms with Gasteiger partial charge in [0, 0.05) is 16.5 Å². The highest BCUT2D eigenvalue weighted by Gasteiger charge is 2.17. The van der Waals surface area contributed by atoms with Gasteiger partial charge in [0.1, 0.15) is 0 Å². The van der Waals surface area contributed by atoms with E-state index in [9.17, 15) is 16.8 Å². The molecule has 2 aromatic rings. The molecule has 0 saturated carbocycles. The first-order chi connectivity index (χ1) is 8.42. The summed E-state index contributed by atoms with van der Waals surface area (Å²) >= 11 is 0. The normalized spacial score (nSPS) is 11.3. The van der Waals surface area contributed by atoms with Gasteiger partial charge in [0.25, 0.3) is 10.0 Å². The molecule has 0 heterocycles. The van der Waals surface area contributed by atoms with Gasteiger partial charge in [-0.3, -0.25) is 0 Å². The minimum absolute atomic E-state index is 0.184. The maximum Gasteiger partial charge on any atom is 0.327 e. The van der Waals surface area contributed by atoms with E-state index >= 15 is 0 Å². The lowest BCUT2D eigenvalue weighted by Gasteiger charge is -2.05. The molecule has 2 rings (SSSR count). The summed E-state index contributed by atoms with van der Waals surface area (Å²) in [6.45, 7) is 0. The number of hydrogen-bond donors (Lipinski definition) is 1. The number of nitrogens with zero attached hydrogens (tertiary/aromatic N) is 1. The molecule has 2 N–H and O–H groups in total. The van der Waals surface area contributed by atoms with Crippen LogP contribution >= 0.6 is 0 Å². The average Bonchev–Trinajstić information content (AvgIpc) is 2.27. The summed E-state index contributed by atoms with van der Waals surface area (Å²) < 4.78 is 47.1. The van der Waals surface area contributed by atoms with Crippen LogP contribution in [0.2, 0.25) is 0 Å². The molecule has 2 aromatic carbocycles.